The van der Waals surface area contributed by atoms with Gasteiger partial charge >= 0.3 is 0 Å². The molecule has 1 aromatic carbocycles. The maximum Gasteiger partial charge on any atom is 0.123 e. The van der Waals surface area contributed by atoms with E-state index in [9.17, 15) is 4.39 Å². The van der Waals surface area contributed by atoms with Crippen molar-refractivity contribution in [2.24, 2.45) is 11.8 Å². The molecule has 0 spiro atoms. The van der Waals surface area contributed by atoms with E-state index in [0.717, 1.165) is 23.8 Å². The molecule has 0 aromatic heterocycles. The van der Waals surface area contributed by atoms with E-state index in [0.29, 0.717) is 12.1 Å². The number of hydrogen-bond donors (Lipinski definition) is 1. The second-order valence-corrected chi connectivity index (χ2v) is 6.52. The number of hydrogen-bond acceptors (Lipinski definition) is 1. The number of halogens is 1. The van der Waals surface area contributed by atoms with E-state index >= 15 is 0 Å². The van der Waals surface area contributed by atoms with Gasteiger partial charge in [0.15, 0.2) is 0 Å². The van der Waals surface area contributed by atoms with E-state index in [2.05, 4.69) is 26.1 Å². The van der Waals surface area contributed by atoms with Crippen molar-refractivity contribution >= 4 is 0 Å². The lowest BCUT2D eigenvalue weighted by Crippen LogP contribution is -2.42. The van der Waals surface area contributed by atoms with Gasteiger partial charge in [-0.15, -0.1) is 0 Å². The monoisotopic (exact) mass is 263 g/mol. The van der Waals surface area contributed by atoms with Crippen molar-refractivity contribution in [2.45, 2.75) is 58.5 Å². The quantitative estimate of drug-likeness (QED) is 0.859. The van der Waals surface area contributed by atoms with Gasteiger partial charge in [0.25, 0.3) is 0 Å². The Bertz CT molecular complexity index is 394. The second-order valence-electron chi connectivity index (χ2n) is 6.52. The smallest absolute Gasteiger partial charge is 0.123 e. The summed E-state index contributed by atoms with van der Waals surface area (Å²) >= 11 is 0. The van der Waals surface area contributed by atoms with Crippen molar-refractivity contribution in [3.63, 3.8) is 0 Å². The van der Waals surface area contributed by atoms with Crippen molar-refractivity contribution in [1.29, 1.82) is 0 Å². The normalized spacial score (nSPS) is 29.2. The molecule has 1 nitrogen and oxygen atoms in total. The molecule has 0 bridgehead atoms. The van der Waals surface area contributed by atoms with Crippen LogP contribution in [0.25, 0.3) is 0 Å². The van der Waals surface area contributed by atoms with E-state index < -0.39 is 0 Å². The Kier molecular flexibility index (Phi) is 4.98. The number of nitrogens with one attached hydrogen (secondary N) is 1. The highest BCUT2D eigenvalue weighted by molar-refractivity contribution is 5.17. The van der Waals surface area contributed by atoms with Crippen LogP contribution in [0.4, 0.5) is 4.39 Å². The minimum absolute atomic E-state index is 0.135. The first-order valence-corrected chi connectivity index (χ1v) is 7.53. The first kappa shape index (κ1) is 14.5. The molecular weight excluding hydrogens is 237 g/mol. The first-order valence-electron chi connectivity index (χ1n) is 7.53. The molecular formula is C17H26FN. The molecule has 1 N–H and O–H groups in total. The molecule has 0 saturated heterocycles. The molecule has 2 rings (SSSR count). The Hall–Kier alpha value is -0.890. The summed E-state index contributed by atoms with van der Waals surface area (Å²) in [6.45, 7) is 6.90. The molecule has 0 amide bonds. The zero-order valence-corrected chi connectivity index (χ0v) is 12.3. The van der Waals surface area contributed by atoms with Gasteiger partial charge in [0.2, 0.25) is 0 Å². The summed E-state index contributed by atoms with van der Waals surface area (Å²) in [5.41, 5.74) is 1.08. The SMILES string of the molecule is CC1CC(C)CC(NC(C)Cc2cccc(F)c2)C1. The molecule has 1 aliphatic rings. The van der Waals surface area contributed by atoms with Gasteiger partial charge in [-0.2, -0.15) is 0 Å². The van der Waals surface area contributed by atoms with E-state index in [1.54, 1.807) is 12.1 Å². The van der Waals surface area contributed by atoms with E-state index in [-0.39, 0.29) is 5.82 Å². The van der Waals surface area contributed by atoms with Gasteiger partial charge in [-0.05, 0) is 62.1 Å². The molecule has 0 heterocycles. The molecule has 0 aliphatic heterocycles. The molecule has 1 aliphatic carbocycles. The summed E-state index contributed by atoms with van der Waals surface area (Å²) in [5.74, 6) is 1.51. The molecule has 106 valence electrons. The van der Waals surface area contributed by atoms with Crippen LogP contribution in [-0.4, -0.2) is 12.1 Å². The van der Waals surface area contributed by atoms with E-state index in [1.165, 1.54) is 25.3 Å². The van der Waals surface area contributed by atoms with Gasteiger partial charge < -0.3 is 5.32 Å². The van der Waals surface area contributed by atoms with Crippen molar-refractivity contribution in [2.75, 3.05) is 0 Å². The lowest BCUT2D eigenvalue weighted by Gasteiger charge is -2.34. The van der Waals surface area contributed by atoms with Gasteiger partial charge in [0, 0.05) is 12.1 Å². The third-order valence-electron chi connectivity index (χ3n) is 4.13. The van der Waals surface area contributed by atoms with Crippen LogP contribution in [0.3, 0.4) is 0 Å². The van der Waals surface area contributed by atoms with Crippen molar-refractivity contribution < 1.29 is 4.39 Å². The zero-order valence-electron chi connectivity index (χ0n) is 12.3. The predicted octanol–water partition coefficient (Wildman–Crippen LogP) is 4.17. The molecule has 1 aromatic rings. The minimum atomic E-state index is -0.135. The Morgan fingerprint density at radius 3 is 2.53 bits per heavy atom. The fourth-order valence-corrected chi connectivity index (χ4v) is 3.56. The summed E-state index contributed by atoms with van der Waals surface area (Å²) in [6.07, 6.45) is 4.81. The third kappa shape index (κ3) is 4.61. The number of rotatable bonds is 4. The van der Waals surface area contributed by atoms with Crippen LogP contribution in [0.15, 0.2) is 24.3 Å². The van der Waals surface area contributed by atoms with Gasteiger partial charge in [-0.25, -0.2) is 4.39 Å². The zero-order chi connectivity index (χ0) is 13.8. The summed E-state index contributed by atoms with van der Waals surface area (Å²) in [7, 11) is 0. The molecule has 3 atom stereocenters. The van der Waals surface area contributed by atoms with Crippen LogP contribution in [0, 0.1) is 17.7 Å². The Morgan fingerprint density at radius 2 is 1.89 bits per heavy atom. The van der Waals surface area contributed by atoms with Crippen molar-refractivity contribution in [3.8, 4) is 0 Å². The van der Waals surface area contributed by atoms with Crippen LogP contribution in [-0.2, 0) is 6.42 Å². The average Bonchev–Trinajstić information content (AvgIpc) is 2.26. The third-order valence-corrected chi connectivity index (χ3v) is 4.13. The molecule has 1 saturated carbocycles. The largest absolute Gasteiger partial charge is 0.311 e. The van der Waals surface area contributed by atoms with Crippen LogP contribution in [0.1, 0.15) is 45.6 Å². The van der Waals surface area contributed by atoms with Gasteiger partial charge in [0.1, 0.15) is 5.82 Å². The Balaban J connectivity index is 1.85. The summed E-state index contributed by atoms with van der Waals surface area (Å²) < 4.78 is 13.2. The summed E-state index contributed by atoms with van der Waals surface area (Å²) in [5, 5.41) is 3.73. The van der Waals surface area contributed by atoms with Crippen molar-refractivity contribution in [1.82, 2.24) is 5.32 Å². The predicted molar refractivity (Wildman–Crippen MR) is 78.7 cm³/mol. The summed E-state index contributed by atoms with van der Waals surface area (Å²) in [4.78, 5) is 0. The number of benzene rings is 1. The van der Waals surface area contributed by atoms with Gasteiger partial charge in [-0.3, -0.25) is 0 Å². The second kappa shape index (κ2) is 6.51. The lowest BCUT2D eigenvalue weighted by atomic mass is 9.80. The minimum Gasteiger partial charge on any atom is -0.311 e. The van der Waals surface area contributed by atoms with Crippen LogP contribution < -0.4 is 5.32 Å². The van der Waals surface area contributed by atoms with Gasteiger partial charge in [0.05, 0.1) is 0 Å². The van der Waals surface area contributed by atoms with E-state index in [4.69, 9.17) is 0 Å². The summed E-state index contributed by atoms with van der Waals surface area (Å²) in [6, 6.07) is 7.98. The first-order chi connectivity index (χ1) is 9.02. The molecule has 3 unspecified atom stereocenters. The lowest BCUT2D eigenvalue weighted by molar-refractivity contribution is 0.227. The fraction of sp³-hybridized carbons (Fsp3) is 0.647. The molecule has 1 fully saturated rings. The van der Waals surface area contributed by atoms with Crippen molar-refractivity contribution in [3.05, 3.63) is 35.6 Å². The van der Waals surface area contributed by atoms with Crippen LogP contribution >= 0.6 is 0 Å². The molecule has 19 heavy (non-hydrogen) atoms. The highest BCUT2D eigenvalue weighted by atomic mass is 19.1. The highest BCUT2D eigenvalue weighted by Gasteiger charge is 2.24. The average molecular weight is 263 g/mol. The maximum atomic E-state index is 13.2. The van der Waals surface area contributed by atoms with E-state index in [1.807, 2.05) is 6.07 Å². The highest BCUT2D eigenvalue weighted by Crippen LogP contribution is 2.28. The van der Waals surface area contributed by atoms with Crippen LogP contribution in [0.5, 0.6) is 0 Å². The topological polar surface area (TPSA) is 12.0 Å². The Labute approximate surface area is 116 Å². The maximum absolute atomic E-state index is 13.2. The van der Waals surface area contributed by atoms with Gasteiger partial charge in [-0.1, -0.05) is 26.0 Å². The standard InChI is InChI=1S/C17H26FN/c1-12-7-13(2)9-17(8-12)19-14(3)10-15-5-4-6-16(18)11-15/h4-6,11-14,17,19H,7-10H2,1-3H3. The fourth-order valence-electron chi connectivity index (χ4n) is 3.56. The van der Waals surface area contributed by atoms with Crippen LogP contribution in [0.2, 0.25) is 0 Å². The molecule has 2 heteroatoms. The Morgan fingerprint density at radius 1 is 1.21 bits per heavy atom. The molecule has 0 radical (unpaired) electrons.